The first-order chi connectivity index (χ1) is 11.6. The number of halogens is 1. The molecule has 1 unspecified atom stereocenters. The smallest absolute Gasteiger partial charge is 0.231 e. The van der Waals surface area contributed by atoms with E-state index in [1.165, 1.54) is 23.9 Å². The van der Waals surface area contributed by atoms with E-state index in [-0.39, 0.29) is 24.6 Å². The van der Waals surface area contributed by atoms with Crippen molar-refractivity contribution in [3.8, 4) is 11.5 Å². The lowest BCUT2D eigenvalue weighted by atomic mass is 10.1. The molecule has 1 N–H and O–H groups in total. The van der Waals surface area contributed by atoms with E-state index in [0.717, 1.165) is 16.2 Å². The summed E-state index contributed by atoms with van der Waals surface area (Å²) in [4.78, 5) is 13.0. The molecule has 1 aliphatic heterocycles. The lowest BCUT2D eigenvalue weighted by Crippen LogP contribution is -2.26. The van der Waals surface area contributed by atoms with Gasteiger partial charge < -0.3 is 14.8 Å². The van der Waals surface area contributed by atoms with Crippen molar-refractivity contribution in [3.05, 3.63) is 53.8 Å². The summed E-state index contributed by atoms with van der Waals surface area (Å²) in [5.74, 6) is 1.81. The van der Waals surface area contributed by atoms with Crippen molar-refractivity contribution in [2.75, 3.05) is 12.5 Å². The zero-order valence-electron chi connectivity index (χ0n) is 13.3. The average molecular weight is 347 g/mol. The molecule has 0 saturated carbocycles. The minimum Gasteiger partial charge on any atom is -0.454 e. The van der Waals surface area contributed by atoms with Gasteiger partial charge in [0, 0.05) is 17.1 Å². The van der Waals surface area contributed by atoms with Crippen molar-refractivity contribution in [1.82, 2.24) is 5.32 Å². The summed E-state index contributed by atoms with van der Waals surface area (Å²) in [6.45, 7) is 2.17. The zero-order valence-corrected chi connectivity index (χ0v) is 14.1. The number of amides is 1. The summed E-state index contributed by atoms with van der Waals surface area (Å²) in [5.41, 5.74) is 0.971. The van der Waals surface area contributed by atoms with E-state index in [1.54, 1.807) is 12.1 Å². The molecule has 4 nitrogen and oxygen atoms in total. The Balaban J connectivity index is 1.46. The Kier molecular flexibility index (Phi) is 5.25. The number of fused-ring (bicyclic) bond motifs is 1. The van der Waals surface area contributed by atoms with Gasteiger partial charge in [0.15, 0.2) is 11.5 Å². The van der Waals surface area contributed by atoms with Crippen molar-refractivity contribution < 1.29 is 18.7 Å². The van der Waals surface area contributed by atoms with Crippen LogP contribution in [0.15, 0.2) is 47.4 Å². The third kappa shape index (κ3) is 4.20. The lowest BCUT2D eigenvalue weighted by molar-refractivity contribution is -0.121. The second kappa shape index (κ2) is 7.57. The normalized spacial score (nSPS) is 13.6. The number of hydrogen-bond donors (Lipinski definition) is 1. The van der Waals surface area contributed by atoms with Gasteiger partial charge in [-0.05, 0) is 48.9 Å². The molecule has 24 heavy (non-hydrogen) atoms. The van der Waals surface area contributed by atoms with E-state index < -0.39 is 0 Å². The van der Waals surface area contributed by atoms with Crippen LogP contribution in [0.1, 0.15) is 24.9 Å². The molecule has 0 spiro atoms. The number of ether oxygens (including phenoxy) is 2. The Labute approximate surface area is 144 Å². The first kappa shape index (κ1) is 16.6. The molecular formula is C18H18FNO3S. The first-order valence-corrected chi connectivity index (χ1v) is 8.67. The summed E-state index contributed by atoms with van der Waals surface area (Å²) in [7, 11) is 0. The Morgan fingerprint density at radius 3 is 2.75 bits per heavy atom. The summed E-state index contributed by atoms with van der Waals surface area (Å²) >= 11 is 1.53. The molecule has 1 atom stereocenters. The number of carbonyl (C=O) groups is 1. The van der Waals surface area contributed by atoms with Crippen LogP contribution < -0.4 is 14.8 Å². The lowest BCUT2D eigenvalue weighted by Gasteiger charge is -2.14. The van der Waals surface area contributed by atoms with Crippen molar-refractivity contribution in [1.29, 1.82) is 0 Å². The largest absolute Gasteiger partial charge is 0.454 e. The number of benzene rings is 2. The fraction of sp³-hybridized carbons (Fsp3) is 0.278. The van der Waals surface area contributed by atoms with Gasteiger partial charge >= 0.3 is 0 Å². The van der Waals surface area contributed by atoms with Crippen LogP contribution in [-0.2, 0) is 4.79 Å². The van der Waals surface area contributed by atoms with E-state index in [4.69, 9.17) is 9.47 Å². The molecular weight excluding hydrogens is 329 g/mol. The van der Waals surface area contributed by atoms with Gasteiger partial charge in [0.2, 0.25) is 12.7 Å². The van der Waals surface area contributed by atoms with Crippen molar-refractivity contribution >= 4 is 17.7 Å². The Hall–Kier alpha value is -2.21. The van der Waals surface area contributed by atoms with Crippen molar-refractivity contribution in [2.45, 2.75) is 24.3 Å². The average Bonchev–Trinajstić information content (AvgIpc) is 3.04. The van der Waals surface area contributed by atoms with Crippen LogP contribution in [0.25, 0.3) is 0 Å². The molecule has 1 aliphatic rings. The Morgan fingerprint density at radius 2 is 1.96 bits per heavy atom. The number of carbonyl (C=O) groups excluding carboxylic acids is 1. The zero-order chi connectivity index (χ0) is 16.9. The first-order valence-electron chi connectivity index (χ1n) is 7.69. The molecule has 0 bridgehead atoms. The van der Waals surface area contributed by atoms with Crippen LogP contribution in [0.4, 0.5) is 4.39 Å². The molecule has 1 amide bonds. The molecule has 3 rings (SSSR count). The van der Waals surface area contributed by atoms with Gasteiger partial charge in [-0.3, -0.25) is 4.79 Å². The maximum Gasteiger partial charge on any atom is 0.231 e. The molecule has 0 saturated heterocycles. The van der Waals surface area contributed by atoms with Crippen LogP contribution in [-0.4, -0.2) is 18.5 Å². The highest BCUT2D eigenvalue weighted by Crippen LogP contribution is 2.34. The monoisotopic (exact) mass is 347 g/mol. The number of hydrogen-bond acceptors (Lipinski definition) is 4. The highest BCUT2D eigenvalue weighted by atomic mass is 32.2. The van der Waals surface area contributed by atoms with Crippen molar-refractivity contribution in [3.63, 3.8) is 0 Å². The van der Waals surface area contributed by atoms with E-state index in [1.807, 2.05) is 25.1 Å². The summed E-state index contributed by atoms with van der Waals surface area (Å²) in [6.07, 6.45) is 0.400. The van der Waals surface area contributed by atoms with Crippen LogP contribution in [0.5, 0.6) is 11.5 Å². The van der Waals surface area contributed by atoms with E-state index in [9.17, 15) is 9.18 Å². The van der Waals surface area contributed by atoms with Gasteiger partial charge in [-0.15, -0.1) is 11.8 Å². The molecule has 0 aromatic heterocycles. The molecule has 2 aromatic carbocycles. The molecule has 1 heterocycles. The van der Waals surface area contributed by atoms with Gasteiger partial charge in [0.25, 0.3) is 0 Å². The van der Waals surface area contributed by atoms with E-state index in [0.29, 0.717) is 17.9 Å². The van der Waals surface area contributed by atoms with Crippen molar-refractivity contribution in [2.24, 2.45) is 0 Å². The topological polar surface area (TPSA) is 47.6 Å². The molecule has 126 valence electrons. The number of thioether (sulfide) groups is 1. The van der Waals surface area contributed by atoms with Crippen LogP contribution >= 0.6 is 11.8 Å². The maximum atomic E-state index is 12.8. The number of rotatable bonds is 6. The third-order valence-corrected chi connectivity index (χ3v) is 4.70. The van der Waals surface area contributed by atoms with Gasteiger partial charge in [-0.25, -0.2) is 4.39 Å². The second-order valence-electron chi connectivity index (χ2n) is 5.45. The molecule has 0 fully saturated rings. The maximum absolute atomic E-state index is 12.8. The molecule has 6 heteroatoms. The van der Waals surface area contributed by atoms with Crippen LogP contribution in [0.2, 0.25) is 0 Å². The minimum atomic E-state index is -0.255. The van der Waals surface area contributed by atoms with Gasteiger partial charge in [0.1, 0.15) is 5.82 Å². The number of nitrogens with one attached hydrogen (secondary N) is 1. The minimum absolute atomic E-state index is 0.0187. The van der Waals surface area contributed by atoms with E-state index >= 15 is 0 Å². The predicted molar refractivity (Wildman–Crippen MR) is 90.9 cm³/mol. The molecule has 0 aliphatic carbocycles. The molecule has 2 aromatic rings. The van der Waals surface area contributed by atoms with Gasteiger partial charge in [0.05, 0.1) is 6.04 Å². The SMILES string of the molecule is CC(NC(=O)CCSc1ccc(F)cc1)c1ccc2c(c1)OCO2. The Bertz CT molecular complexity index is 721. The van der Waals surface area contributed by atoms with Crippen LogP contribution in [0, 0.1) is 5.82 Å². The Morgan fingerprint density at radius 1 is 1.21 bits per heavy atom. The van der Waals surface area contributed by atoms with Gasteiger partial charge in [-0.1, -0.05) is 6.07 Å². The summed E-state index contributed by atoms with van der Waals surface area (Å²) in [5, 5.41) is 2.97. The fourth-order valence-electron chi connectivity index (χ4n) is 2.37. The predicted octanol–water partition coefficient (Wildman–Crippen LogP) is 3.91. The highest BCUT2D eigenvalue weighted by molar-refractivity contribution is 7.99. The van der Waals surface area contributed by atoms with E-state index in [2.05, 4.69) is 5.32 Å². The second-order valence-corrected chi connectivity index (χ2v) is 6.62. The standard InChI is InChI=1S/C18H18FNO3S/c1-12(13-2-7-16-17(10-13)23-11-22-16)20-18(21)8-9-24-15-5-3-14(19)4-6-15/h2-7,10,12H,8-9,11H2,1H3,(H,20,21). The summed E-state index contributed by atoms with van der Waals surface area (Å²) in [6, 6.07) is 11.8. The van der Waals surface area contributed by atoms with Crippen LogP contribution in [0.3, 0.4) is 0 Å². The van der Waals surface area contributed by atoms with Gasteiger partial charge in [-0.2, -0.15) is 0 Å². The highest BCUT2D eigenvalue weighted by Gasteiger charge is 2.16. The fourth-order valence-corrected chi connectivity index (χ4v) is 3.22. The summed E-state index contributed by atoms with van der Waals surface area (Å²) < 4.78 is 23.5. The molecule has 0 radical (unpaired) electrons. The quantitative estimate of drug-likeness (QED) is 0.805. The third-order valence-electron chi connectivity index (χ3n) is 3.69.